The number of rotatable bonds is 7. The van der Waals surface area contributed by atoms with Gasteiger partial charge >= 0.3 is 0 Å². The van der Waals surface area contributed by atoms with Crippen molar-refractivity contribution in [3.8, 4) is 11.5 Å². The van der Waals surface area contributed by atoms with E-state index in [1.165, 1.54) is 12.1 Å². The third kappa shape index (κ3) is 4.36. The topological polar surface area (TPSA) is 44.5 Å². The smallest absolute Gasteiger partial charge is 0.161 e. The van der Waals surface area contributed by atoms with E-state index in [0.717, 1.165) is 24.0 Å². The van der Waals surface area contributed by atoms with E-state index in [-0.39, 0.29) is 12.4 Å². The maximum atomic E-state index is 13.0. The Hall–Kier alpha value is -1.78. The number of halogens is 2. The predicted octanol–water partition coefficient (Wildman–Crippen LogP) is 3.96. The molecule has 0 unspecified atom stereocenters. The van der Waals surface area contributed by atoms with Crippen molar-refractivity contribution in [1.82, 2.24) is 0 Å². The molecular formula is C17H19ClFNO2. The van der Waals surface area contributed by atoms with Gasteiger partial charge in [-0.15, -0.1) is 0 Å². The summed E-state index contributed by atoms with van der Waals surface area (Å²) in [5.74, 6) is 0.919. The summed E-state index contributed by atoms with van der Waals surface area (Å²) in [5.41, 5.74) is 7.38. The second-order valence-corrected chi connectivity index (χ2v) is 5.31. The van der Waals surface area contributed by atoms with Gasteiger partial charge in [-0.25, -0.2) is 4.39 Å². The molecule has 2 aromatic carbocycles. The zero-order valence-corrected chi connectivity index (χ0v) is 13.2. The van der Waals surface area contributed by atoms with E-state index in [4.69, 9.17) is 26.8 Å². The van der Waals surface area contributed by atoms with E-state index in [2.05, 4.69) is 0 Å². The molecule has 0 spiro atoms. The Morgan fingerprint density at radius 3 is 2.64 bits per heavy atom. The lowest BCUT2D eigenvalue weighted by atomic mass is 10.1. The molecule has 2 N–H and O–H groups in total. The molecule has 0 atom stereocenters. The maximum absolute atomic E-state index is 13.0. The minimum absolute atomic E-state index is 0.246. The molecule has 2 aromatic rings. The highest BCUT2D eigenvalue weighted by Crippen LogP contribution is 2.30. The Balaban J connectivity index is 2.13. The zero-order valence-electron chi connectivity index (χ0n) is 12.4. The lowest BCUT2D eigenvalue weighted by Crippen LogP contribution is -2.02. The molecule has 2 rings (SSSR count). The second-order valence-electron chi connectivity index (χ2n) is 4.90. The van der Waals surface area contributed by atoms with Gasteiger partial charge in [-0.05, 0) is 49.2 Å². The summed E-state index contributed by atoms with van der Waals surface area (Å²) in [5, 5.41) is 0.346. The molecule has 0 fully saturated rings. The molecule has 0 aliphatic carbocycles. The lowest BCUT2D eigenvalue weighted by Gasteiger charge is -2.13. The molecule has 5 heteroatoms. The molecular weight excluding hydrogens is 305 g/mol. The normalized spacial score (nSPS) is 10.5. The summed E-state index contributed by atoms with van der Waals surface area (Å²) >= 11 is 6.00. The number of methoxy groups -OCH3 is 1. The van der Waals surface area contributed by atoms with Crippen LogP contribution in [0.1, 0.15) is 17.5 Å². The molecule has 0 saturated heterocycles. The van der Waals surface area contributed by atoms with E-state index in [1.54, 1.807) is 13.2 Å². The van der Waals surface area contributed by atoms with Crippen LogP contribution in [0.3, 0.4) is 0 Å². The first-order valence-corrected chi connectivity index (χ1v) is 7.45. The minimum atomic E-state index is -0.366. The Labute approximate surface area is 134 Å². The van der Waals surface area contributed by atoms with Crippen LogP contribution in [0.15, 0.2) is 36.4 Å². The predicted molar refractivity (Wildman–Crippen MR) is 86.1 cm³/mol. The minimum Gasteiger partial charge on any atom is -0.493 e. The number of ether oxygens (including phenoxy) is 2. The second kappa shape index (κ2) is 8.01. The first-order valence-electron chi connectivity index (χ1n) is 7.07. The van der Waals surface area contributed by atoms with Gasteiger partial charge in [0.25, 0.3) is 0 Å². The number of hydrogen-bond donors (Lipinski definition) is 1. The van der Waals surface area contributed by atoms with E-state index in [0.29, 0.717) is 23.1 Å². The fraction of sp³-hybridized carbons (Fsp3) is 0.294. The van der Waals surface area contributed by atoms with E-state index in [9.17, 15) is 4.39 Å². The van der Waals surface area contributed by atoms with E-state index < -0.39 is 0 Å². The van der Waals surface area contributed by atoms with Crippen LogP contribution in [-0.4, -0.2) is 13.7 Å². The van der Waals surface area contributed by atoms with Gasteiger partial charge in [-0.3, -0.25) is 0 Å². The molecule has 0 aromatic heterocycles. The molecule has 0 bridgehead atoms. The Morgan fingerprint density at radius 2 is 1.95 bits per heavy atom. The molecule has 0 aliphatic rings. The van der Waals surface area contributed by atoms with Crippen molar-refractivity contribution in [2.45, 2.75) is 19.4 Å². The van der Waals surface area contributed by atoms with E-state index >= 15 is 0 Å². The van der Waals surface area contributed by atoms with Crippen molar-refractivity contribution >= 4 is 11.6 Å². The summed E-state index contributed by atoms with van der Waals surface area (Å²) < 4.78 is 24.1. The van der Waals surface area contributed by atoms with Gasteiger partial charge in [-0.1, -0.05) is 23.7 Å². The zero-order chi connectivity index (χ0) is 15.9. The number of benzene rings is 2. The fourth-order valence-corrected chi connectivity index (χ4v) is 2.31. The molecule has 3 nitrogen and oxygen atoms in total. The van der Waals surface area contributed by atoms with Crippen LogP contribution in [-0.2, 0) is 13.0 Å². The highest BCUT2D eigenvalue weighted by atomic mass is 35.5. The quantitative estimate of drug-likeness (QED) is 0.839. The number of hydrogen-bond acceptors (Lipinski definition) is 3. The first kappa shape index (κ1) is 16.6. The maximum Gasteiger partial charge on any atom is 0.161 e. The third-order valence-corrected chi connectivity index (χ3v) is 3.65. The van der Waals surface area contributed by atoms with Gasteiger partial charge in [-0.2, -0.15) is 0 Å². The highest BCUT2D eigenvalue weighted by Gasteiger charge is 2.08. The van der Waals surface area contributed by atoms with Crippen LogP contribution >= 0.6 is 11.6 Å². The Morgan fingerprint density at radius 1 is 1.14 bits per heavy atom. The van der Waals surface area contributed by atoms with Gasteiger partial charge in [0.2, 0.25) is 0 Å². The molecule has 0 amide bonds. The summed E-state index contributed by atoms with van der Waals surface area (Å²) in [4.78, 5) is 0. The van der Waals surface area contributed by atoms with Gasteiger partial charge in [0.1, 0.15) is 12.4 Å². The van der Waals surface area contributed by atoms with Crippen LogP contribution in [0, 0.1) is 5.82 Å². The largest absolute Gasteiger partial charge is 0.493 e. The number of aryl methyl sites for hydroxylation is 1. The Kier molecular flexibility index (Phi) is 6.04. The molecule has 22 heavy (non-hydrogen) atoms. The molecule has 0 heterocycles. The van der Waals surface area contributed by atoms with Crippen LogP contribution in [0.5, 0.6) is 11.5 Å². The van der Waals surface area contributed by atoms with Crippen molar-refractivity contribution in [2.24, 2.45) is 5.73 Å². The van der Waals surface area contributed by atoms with Crippen molar-refractivity contribution in [2.75, 3.05) is 13.7 Å². The average Bonchev–Trinajstić information content (AvgIpc) is 2.52. The average molecular weight is 324 g/mol. The summed E-state index contributed by atoms with van der Waals surface area (Å²) in [6, 6.07) is 10.0. The molecule has 0 radical (unpaired) electrons. The van der Waals surface area contributed by atoms with Gasteiger partial charge < -0.3 is 15.2 Å². The van der Waals surface area contributed by atoms with Crippen LogP contribution < -0.4 is 15.2 Å². The van der Waals surface area contributed by atoms with Crippen molar-refractivity contribution in [3.05, 3.63) is 58.4 Å². The van der Waals surface area contributed by atoms with Crippen LogP contribution in [0.2, 0.25) is 5.02 Å². The van der Waals surface area contributed by atoms with Crippen molar-refractivity contribution in [3.63, 3.8) is 0 Å². The summed E-state index contributed by atoms with van der Waals surface area (Å²) in [6.07, 6.45) is 1.80. The Bertz CT molecular complexity index is 634. The third-order valence-electron chi connectivity index (χ3n) is 3.30. The lowest BCUT2D eigenvalue weighted by molar-refractivity contribution is 0.284. The van der Waals surface area contributed by atoms with Crippen LogP contribution in [0.25, 0.3) is 0 Å². The molecule has 0 aliphatic heterocycles. The highest BCUT2D eigenvalue weighted by molar-refractivity contribution is 6.31. The molecule has 118 valence electrons. The van der Waals surface area contributed by atoms with E-state index in [1.807, 2.05) is 18.2 Å². The van der Waals surface area contributed by atoms with Gasteiger partial charge in [0.05, 0.1) is 12.1 Å². The summed E-state index contributed by atoms with van der Waals surface area (Å²) in [6.45, 7) is 0.892. The molecule has 0 saturated carbocycles. The summed E-state index contributed by atoms with van der Waals surface area (Å²) in [7, 11) is 1.59. The first-order chi connectivity index (χ1) is 10.6. The van der Waals surface area contributed by atoms with Crippen molar-refractivity contribution in [1.29, 1.82) is 0 Å². The number of nitrogens with two attached hydrogens (primary N) is 1. The van der Waals surface area contributed by atoms with Crippen molar-refractivity contribution < 1.29 is 13.9 Å². The monoisotopic (exact) mass is 323 g/mol. The fourth-order valence-electron chi connectivity index (χ4n) is 2.09. The van der Waals surface area contributed by atoms with Gasteiger partial charge in [0, 0.05) is 5.56 Å². The SMILES string of the molecule is COc1ccc(CCCN)cc1OCc1ccc(F)cc1Cl. The van der Waals surface area contributed by atoms with Crippen LogP contribution in [0.4, 0.5) is 4.39 Å². The van der Waals surface area contributed by atoms with Gasteiger partial charge in [0.15, 0.2) is 11.5 Å². The standard InChI is InChI=1S/C17H19ClFNO2/c1-21-16-7-4-12(3-2-8-20)9-17(16)22-11-13-5-6-14(19)10-15(13)18/h4-7,9-10H,2-3,8,11,20H2,1H3.